The summed E-state index contributed by atoms with van der Waals surface area (Å²) in [5.41, 5.74) is -0.0317. The van der Waals surface area contributed by atoms with Gasteiger partial charge in [0.1, 0.15) is 5.41 Å². The highest BCUT2D eigenvalue weighted by atomic mass is 127. The molecule has 78 valence electrons. The standard InChI is InChI=1S/C12H11IO2/c1-12(10(14)6-7-11(12)15)8-4-2-3-5-9(8)13/h2-5H,6-7H2,1H3. The topological polar surface area (TPSA) is 34.1 Å². The zero-order valence-corrected chi connectivity index (χ0v) is 10.6. The summed E-state index contributed by atoms with van der Waals surface area (Å²) in [7, 11) is 0. The van der Waals surface area contributed by atoms with E-state index in [1.807, 2.05) is 24.3 Å². The third kappa shape index (κ3) is 1.53. The predicted octanol–water partition coefficient (Wildman–Crippen LogP) is 2.48. The van der Waals surface area contributed by atoms with Crippen molar-refractivity contribution in [2.45, 2.75) is 25.2 Å². The van der Waals surface area contributed by atoms with Crippen LogP contribution in [0.1, 0.15) is 25.3 Å². The number of benzene rings is 1. The van der Waals surface area contributed by atoms with E-state index in [1.54, 1.807) is 6.92 Å². The Morgan fingerprint density at radius 2 is 1.67 bits per heavy atom. The van der Waals surface area contributed by atoms with Crippen molar-refractivity contribution in [3.8, 4) is 0 Å². The van der Waals surface area contributed by atoms with Crippen LogP contribution in [-0.4, -0.2) is 11.6 Å². The minimum Gasteiger partial charge on any atom is -0.298 e. The first-order valence-electron chi connectivity index (χ1n) is 4.88. The fraction of sp³-hybridized carbons (Fsp3) is 0.333. The summed E-state index contributed by atoms with van der Waals surface area (Å²) in [5, 5.41) is 0. The number of ketones is 2. The van der Waals surface area contributed by atoms with Crippen LogP contribution in [-0.2, 0) is 15.0 Å². The average molecular weight is 314 g/mol. The molecular weight excluding hydrogens is 303 g/mol. The van der Waals surface area contributed by atoms with Gasteiger partial charge < -0.3 is 0 Å². The largest absolute Gasteiger partial charge is 0.298 e. The summed E-state index contributed by atoms with van der Waals surface area (Å²) in [5.74, 6) is 0.105. The maximum absolute atomic E-state index is 11.8. The molecule has 1 aromatic rings. The quantitative estimate of drug-likeness (QED) is 0.589. The van der Waals surface area contributed by atoms with Gasteiger partial charge in [0, 0.05) is 16.4 Å². The lowest BCUT2D eigenvalue weighted by atomic mass is 9.79. The molecule has 1 saturated carbocycles. The molecule has 0 aromatic heterocycles. The van der Waals surface area contributed by atoms with Crippen molar-refractivity contribution in [3.05, 3.63) is 33.4 Å². The second kappa shape index (κ2) is 3.70. The molecule has 3 heteroatoms. The van der Waals surface area contributed by atoms with E-state index in [4.69, 9.17) is 0 Å². The van der Waals surface area contributed by atoms with Gasteiger partial charge in [-0.3, -0.25) is 9.59 Å². The van der Waals surface area contributed by atoms with Crippen molar-refractivity contribution in [2.24, 2.45) is 0 Å². The van der Waals surface area contributed by atoms with Crippen LogP contribution in [0, 0.1) is 3.57 Å². The number of carbonyl (C=O) groups is 2. The van der Waals surface area contributed by atoms with Crippen LogP contribution in [0.3, 0.4) is 0 Å². The molecule has 1 fully saturated rings. The molecule has 2 nitrogen and oxygen atoms in total. The Labute approximate surface area is 102 Å². The lowest BCUT2D eigenvalue weighted by Gasteiger charge is -2.22. The van der Waals surface area contributed by atoms with Crippen LogP contribution >= 0.6 is 22.6 Å². The number of carbonyl (C=O) groups excluding carboxylic acids is 2. The van der Waals surface area contributed by atoms with E-state index in [0.717, 1.165) is 9.13 Å². The summed E-state index contributed by atoms with van der Waals surface area (Å²) in [4.78, 5) is 23.7. The lowest BCUT2D eigenvalue weighted by molar-refractivity contribution is -0.128. The molecule has 1 aromatic carbocycles. The van der Waals surface area contributed by atoms with Gasteiger partial charge in [-0.05, 0) is 41.1 Å². The van der Waals surface area contributed by atoms with Gasteiger partial charge >= 0.3 is 0 Å². The molecule has 0 unspecified atom stereocenters. The maximum atomic E-state index is 11.8. The molecule has 2 rings (SSSR count). The zero-order chi connectivity index (χ0) is 11.1. The highest BCUT2D eigenvalue weighted by Gasteiger charge is 2.47. The van der Waals surface area contributed by atoms with Gasteiger partial charge in [0.25, 0.3) is 0 Å². The molecular formula is C12H11IO2. The molecule has 1 aliphatic carbocycles. The summed E-state index contributed by atoms with van der Waals surface area (Å²) in [6, 6.07) is 7.60. The van der Waals surface area contributed by atoms with Crippen molar-refractivity contribution in [1.82, 2.24) is 0 Å². The molecule has 0 atom stereocenters. The molecule has 0 amide bonds. The van der Waals surface area contributed by atoms with Crippen molar-refractivity contribution < 1.29 is 9.59 Å². The monoisotopic (exact) mass is 314 g/mol. The minimum absolute atomic E-state index is 0.0524. The van der Waals surface area contributed by atoms with E-state index < -0.39 is 5.41 Å². The third-order valence-corrected chi connectivity index (χ3v) is 4.05. The van der Waals surface area contributed by atoms with E-state index in [-0.39, 0.29) is 11.6 Å². The first-order chi connectivity index (χ1) is 7.06. The predicted molar refractivity (Wildman–Crippen MR) is 65.8 cm³/mol. The molecule has 0 aliphatic heterocycles. The second-order valence-electron chi connectivity index (χ2n) is 3.95. The van der Waals surface area contributed by atoms with Crippen LogP contribution in [0.25, 0.3) is 0 Å². The van der Waals surface area contributed by atoms with Gasteiger partial charge in [0.05, 0.1) is 0 Å². The van der Waals surface area contributed by atoms with E-state index in [2.05, 4.69) is 22.6 Å². The van der Waals surface area contributed by atoms with Crippen LogP contribution in [0.2, 0.25) is 0 Å². The summed E-state index contributed by atoms with van der Waals surface area (Å²) in [6.45, 7) is 1.75. The van der Waals surface area contributed by atoms with Crippen LogP contribution < -0.4 is 0 Å². The van der Waals surface area contributed by atoms with Gasteiger partial charge in [0.2, 0.25) is 0 Å². The Morgan fingerprint density at radius 3 is 2.20 bits per heavy atom. The molecule has 0 heterocycles. The Balaban J connectivity index is 2.59. The SMILES string of the molecule is CC1(c2ccccc2I)C(=O)CCC1=O. The second-order valence-corrected chi connectivity index (χ2v) is 5.11. The Morgan fingerprint density at radius 1 is 1.13 bits per heavy atom. The van der Waals surface area contributed by atoms with Crippen LogP contribution in [0.4, 0.5) is 0 Å². The van der Waals surface area contributed by atoms with Gasteiger partial charge in [-0.25, -0.2) is 0 Å². The Bertz CT molecular complexity index is 421. The minimum atomic E-state index is -0.891. The van der Waals surface area contributed by atoms with E-state index >= 15 is 0 Å². The van der Waals surface area contributed by atoms with Crippen molar-refractivity contribution in [1.29, 1.82) is 0 Å². The van der Waals surface area contributed by atoms with Crippen molar-refractivity contribution >= 4 is 34.2 Å². The van der Waals surface area contributed by atoms with Gasteiger partial charge in [-0.15, -0.1) is 0 Å². The Hall–Kier alpha value is -0.710. The molecule has 0 bridgehead atoms. The number of halogens is 1. The summed E-state index contributed by atoms with van der Waals surface area (Å²) >= 11 is 2.18. The van der Waals surface area contributed by atoms with Gasteiger partial charge in [-0.1, -0.05) is 18.2 Å². The number of Topliss-reactive ketones (excluding diaryl/α,β-unsaturated/α-hetero) is 2. The molecule has 0 spiro atoms. The van der Waals surface area contributed by atoms with E-state index in [9.17, 15) is 9.59 Å². The van der Waals surface area contributed by atoms with E-state index in [0.29, 0.717) is 12.8 Å². The number of rotatable bonds is 1. The summed E-state index contributed by atoms with van der Waals surface area (Å²) in [6.07, 6.45) is 0.778. The molecule has 0 N–H and O–H groups in total. The van der Waals surface area contributed by atoms with Gasteiger partial charge in [0.15, 0.2) is 11.6 Å². The summed E-state index contributed by atoms with van der Waals surface area (Å²) < 4.78 is 0.987. The average Bonchev–Trinajstić information content (AvgIpc) is 2.48. The smallest absolute Gasteiger partial charge is 0.151 e. The third-order valence-electron chi connectivity index (χ3n) is 3.11. The first-order valence-corrected chi connectivity index (χ1v) is 5.96. The highest BCUT2D eigenvalue weighted by Crippen LogP contribution is 2.36. The highest BCUT2D eigenvalue weighted by molar-refractivity contribution is 14.1. The Kier molecular flexibility index (Phi) is 2.66. The fourth-order valence-corrected chi connectivity index (χ4v) is 2.98. The van der Waals surface area contributed by atoms with Gasteiger partial charge in [-0.2, -0.15) is 0 Å². The molecule has 1 aliphatic rings. The molecule has 0 radical (unpaired) electrons. The maximum Gasteiger partial charge on any atom is 0.151 e. The lowest BCUT2D eigenvalue weighted by Crippen LogP contribution is -2.35. The van der Waals surface area contributed by atoms with Crippen LogP contribution in [0.15, 0.2) is 24.3 Å². The van der Waals surface area contributed by atoms with Crippen molar-refractivity contribution in [2.75, 3.05) is 0 Å². The number of hydrogen-bond acceptors (Lipinski definition) is 2. The molecule has 0 saturated heterocycles. The molecule has 15 heavy (non-hydrogen) atoms. The van der Waals surface area contributed by atoms with Crippen LogP contribution in [0.5, 0.6) is 0 Å². The van der Waals surface area contributed by atoms with Crippen molar-refractivity contribution in [3.63, 3.8) is 0 Å². The normalized spacial score (nSPS) is 19.6. The zero-order valence-electron chi connectivity index (χ0n) is 8.42. The first kappa shape index (κ1) is 10.8. The van der Waals surface area contributed by atoms with E-state index in [1.165, 1.54) is 0 Å². The number of hydrogen-bond donors (Lipinski definition) is 0. The fourth-order valence-electron chi connectivity index (χ4n) is 2.05.